The molecule has 0 saturated heterocycles. The normalized spacial score (nSPS) is 9.92. The monoisotopic (exact) mass is 177 g/mol. The van der Waals surface area contributed by atoms with Gasteiger partial charge in [0.25, 0.3) is 0 Å². The standard InChI is InChI=1S/C7H7N5O/c1-13-6-4-2-3-5(8-6)7-9-11-12-10-7/h2-4H,1H3,(H,9,10,11,12). The van der Waals surface area contributed by atoms with Crippen LogP contribution in [0.4, 0.5) is 0 Å². The van der Waals surface area contributed by atoms with Gasteiger partial charge < -0.3 is 4.74 Å². The van der Waals surface area contributed by atoms with E-state index in [1.807, 2.05) is 6.07 Å². The van der Waals surface area contributed by atoms with Crippen LogP contribution in [-0.4, -0.2) is 32.7 Å². The van der Waals surface area contributed by atoms with Crippen molar-refractivity contribution in [3.8, 4) is 17.4 Å². The maximum atomic E-state index is 4.96. The summed E-state index contributed by atoms with van der Waals surface area (Å²) in [6, 6.07) is 5.38. The van der Waals surface area contributed by atoms with Crippen LogP contribution in [-0.2, 0) is 0 Å². The van der Waals surface area contributed by atoms with E-state index in [1.54, 1.807) is 19.2 Å². The van der Waals surface area contributed by atoms with Gasteiger partial charge in [-0.1, -0.05) is 6.07 Å². The molecular weight excluding hydrogens is 170 g/mol. The highest BCUT2D eigenvalue weighted by Crippen LogP contribution is 2.13. The summed E-state index contributed by atoms with van der Waals surface area (Å²) in [4.78, 5) is 4.14. The molecule has 0 bridgehead atoms. The highest BCUT2D eigenvalue weighted by molar-refractivity contribution is 5.48. The Balaban J connectivity index is 2.41. The number of H-pyrrole nitrogens is 1. The molecule has 2 rings (SSSR count). The van der Waals surface area contributed by atoms with E-state index in [-0.39, 0.29) is 0 Å². The number of nitrogens with one attached hydrogen (secondary N) is 1. The van der Waals surface area contributed by atoms with Crippen molar-refractivity contribution in [2.24, 2.45) is 0 Å². The van der Waals surface area contributed by atoms with Crippen molar-refractivity contribution in [2.75, 3.05) is 7.11 Å². The summed E-state index contributed by atoms with van der Waals surface area (Å²) in [5.41, 5.74) is 0.657. The average Bonchev–Trinajstić information content (AvgIpc) is 2.71. The number of tetrazole rings is 1. The SMILES string of the molecule is COc1cccc(-c2nnn[nH]2)n1. The van der Waals surface area contributed by atoms with Gasteiger partial charge in [0.15, 0.2) is 5.82 Å². The fourth-order valence-corrected chi connectivity index (χ4v) is 0.928. The van der Waals surface area contributed by atoms with Gasteiger partial charge in [0, 0.05) is 6.07 Å². The van der Waals surface area contributed by atoms with E-state index in [0.717, 1.165) is 0 Å². The van der Waals surface area contributed by atoms with E-state index >= 15 is 0 Å². The van der Waals surface area contributed by atoms with Gasteiger partial charge in [-0.3, -0.25) is 0 Å². The Morgan fingerprint density at radius 2 is 2.31 bits per heavy atom. The second-order valence-corrected chi connectivity index (χ2v) is 2.32. The maximum Gasteiger partial charge on any atom is 0.213 e. The fourth-order valence-electron chi connectivity index (χ4n) is 0.928. The predicted molar refractivity (Wildman–Crippen MR) is 44.0 cm³/mol. The van der Waals surface area contributed by atoms with Gasteiger partial charge in [-0.25, -0.2) is 10.1 Å². The summed E-state index contributed by atoms with van der Waals surface area (Å²) in [6.07, 6.45) is 0. The molecule has 0 atom stereocenters. The Morgan fingerprint density at radius 3 is 3.00 bits per heavy atom. The van der Waals surface area contributed by atoms with Crippen LogP contribution >= 0.6 is 0 Å². The van der Waals surface area contributed by atoms with Gasteiger partial charge in [-0.05, 0) is 16.5 Å². The molecule has 0 spiro atoms. The van der Waals surface area contributed by atoms with Gasteiger partial charge in [-0.2, -0.15) is 0 Å². The van der Waals surface area contributed by atoms with Gasteiger partial charge in [0.2, 0.25) is 5.88 Å². The third-order valence-electron chi connectivity index (χ3n) is 1.52. The van der Waals surface area contributed by atoms with Crippen LogP contribution in [0.5, 0.6) is 5.88 Å². The minimum Gasteiger partial charge on any atom is -0.481 e. The predicted octanol–water partition coefficient (Wildman–Crippen LogP) is 0.270. The molecule has 0 aliphatic heterocycles. The molecular formula is C7H7N5O. The Morgan fingerprint density at radius 1 is 1.38 bits per heavy atom. The molecule has 0 radical (unpaired) electrons. The van der Waals surface area contributed by atoms with Crippen LogP contribution in [0.15, 0.2) is 18.2 Å². The molecule has 0 unspecified atom stereocenters. The van der Waals surface area contributed by atoms with Crippen molar-refractivity contribution in [2.45, 2.75) is 0 Å². The highest BCUT2D eigenvalue weighted by atomic mass is 16.5. The van der Waals surface area contributed by atoms with Crippen LogP contribution in [0.3, 0.4) is 0 Å². The van der Waals surface area contributed by atoms with Gasteiger partial charge in [0.05, 0.1) is 7.11 Å². The molecule has 0 aliphatic rings. The molecule has 0 fully saturated rings. The number of pyridine rings is 1. The third kappa shape index (κ3) is 1.46. The summed E-state index contributed by atoms with van der Waals surface area (Å²) >= 11 is 0. The molecule has 2 aromatic heterocycles. The molecule has 0 amide bonds. The zero-order valence-corrected chi connectivity index (χ0v) is 6.93. The van der Waals surface area contributed by atoms with Gasteiger partial charge in [-0.15, -0.1) is 5.10 Å². The summed E-state index contributed by atoms with van der Waals surface area (Å²) in [5.74, 6) is 1.06. The summed E-state index contributed by atoms with van der Waals surface area (Å²) < 4.78 is 4.96. The highest BCUT2D eigenvalue weighted by Gasteiger charge is 2.03. The van der Waals surface area contributed by atoms with E-state index in [2.05, 4.69) is 25.6 Å². The van der Waals surface area contributed by atoms with Crippen molar-refractivity contribution < 1.29 is 4.74 Å². The molecule has 13 heavy (non-hydrogen) atoms. The molecule has 66 valence electrons. The summed E-state index contributed by atoms with van der Waals surface area (Å²) in [6.45, 7) is 0. The van der Waals surface area contributed by atoms with Crippen molar-refractivity contribution in [1.82, 2.24) is 25.6 Å². The van der Waals surface area contributed by atoms with Crippen molar-refractivity contribution in [3.05, 3.63) is 18.2 Å². The fraction of sp³-hybridized carbons (Fsp3) is 0.143. The van der Waals surface area contributed by atoms with Gasteiger partial charge in [0.1, 0.15) is 5.69 Å². The lowest BCUT2D eigenvalue weighted by atomic mass is 10.3. The lowest BCUT2D eigenvalue weighted by Gasteiger charge is -1.98. The Labute approximate surface area is 74.0 Å². The molecule has 2 aromatic rings. The van der Waals surface area contributed by atoms with Crippen molar-refractivity contribution in [3.63, 3.8) is 0 Å². The number of aromatic nitrogens is 5. The smallest absolute Gasteiger partial charge is 0.213 e. The lowest BCUT2D eigenvalue weighted by Crippen LogP contribution is -1.90. The van der Waals surface area contributed by atoms with Crippen LogP contribution < -0.4 is 4.74 Å². The van der Waals surface area contributed by atoms with E-state index in [0.29, 0.717) is 17.4 Å². The zero-order valence-electron chi connectivity index (χ0n) is 6.93. The Bertz CT molecular complexity index is 386. The summed E-state index contributed by atoms with van der Waals surface area (Å²) in [7, 11) is 1.56. The largest absolute Gasteiger partial charge is 0.481 e. The Hall–Kier alpha value is -1.98. The minimum atomic E-state index is 0.527. The number of rotatable bonds is 2. The van der Waals surface area contributed by atoms with Crippen LogP contribution in [0.1, 0.15) is 0 Å². The van der Waals surface area contributed by atoms with E-state index in [9.17, 15) is 0 Å². The van der Waals surface area contributed by atoms with Crippen LogP contribution in [0.2, 0.25) is 0 Å². The Kier molecular flexibility index (Phi) is 1.87. The van der Waals surface area contributed by atoms with Crippen LogP contribution in [0.25, 0.3) is 11.5 Å². The van der Waals surface area contributed by atoms with E-state index in [1.165, 1.54) is 0 Å². The molecule has 6 nitrogen and oxygen atoms in total. The number of ether oxygens (including phenoxy) is 1. The number of methoxy groups -OCH3 is 1. The number of hydrogen-bond acceptors (Lipinski definition) is 5. The topological polar surface area (TPSA) is 76.6 Å². The average molecular weight is 177 g/mol. The van der Waals surface area contributed by atoms with Crippen LogP contribution in [0, 0.1) is 0 Å². The number of aromatic amines is 1. The van der Waals surface area contributed by atoms with Crippen molar-refractivity contribution in [1.29, 1.82) is 0 Å². The quantitative estimate of drug-likeness (QED) is 0.712. The summed E-state index contributed by atoms with van der Waals surface area (Å²) in [5, 5.41) is 13.2. The second kappa shape index (κ2) is 3.18. The molecule has 0 aliphatic carbocycles. The first-order valence-corrected chi connectivity index (χ1v) is 3.65. The second-order valence-electron chi connectivity index (χ2n) is 2.32. The number of hydrogen-bond donors (Lipinski definition) is 1. The maximum absolute atomic E-state index is 4.96. The first-order chi connectivity index (χ1) is 6.40. The zero-order chi connectivity index (χ0) is 9.10. The molecule has 2 heterocycles. The van der Waals surface area contributed by atoms with Crippen molar-refractivity contribution >= 4 is 0 Å². The molecule has 0 saturated carbocycles. The first-order valence-electron chi connectivity index (χ1n) is 3.65. The number of nitrogens with zero attached hydrogens (tertiary/aromatic N) is 4. The first kappa shape index (κ1) is 7.66. The molecule has 0 aromatic carbocycles. The molecule has 1 N–H and O–H groups in total. The van der Waals surface area contributed by atoms with E-state index in [4.69, 9.17) is 4.74 Å². The van der Waals surface area contributed by atoms with Gasteiger partial charge >= 0.3 is 0 Å². The lowest BCUT2D eigenvalue weighted by molar-refractivity contribution is 0.398. The minimum absolute atomic E-state index is 0.527. The third-order valence-corrected chi connectivity index (χ3v) is 1.52. The molecule has 6 heteroatoms. The van der Waals surface area contributed by atoms with E-state index < -0.39 is 0 Å².